The second-order valence-electron chi connectivity index (χ2n) is 3.25. The van der Waals surface area contributed by atoms with Crippen LogP contribution in [0.4, 0.5) is 0 Å². The van der Waals surface area contributed by atoms with E-state index in [2.05, 4.69) is 4.98 Å². The molecule has 0 aromatic carbocycles. The first-order valence-corrected chi connectivity index (χ1v) is 4.25. The van der Waals surface area contributed by atoms with E-state index in [-0.39, 0.29) is 22.8 Å². The minimum atomic E-state index is -1.12. The zero-order chi connectivity index (χ0) is 10.7. The summed E-state index contributed by atoms with van der Waals surface area (Å²) in [6.07, 6.45) is 2.61. The average molecular weight is 193 g/mol. The molecule has 0 aliphatic rings. The largest absolute Gasteiger partial charge is 0.478 e. The van der Waals surface area contributed by atoms with E-state index in [1.165, 1.54) is 18.5 Å². The summed E-state index contributed by atoms with van der Waals surface area (Å²) in [5.41, 5.74) is 0.189. The molecule has 0 bridgehead atoms. The Morgan fingerprint density at radius 1 is 1.36 bits per heavy atom. The first-order chi connectivity index (χ1) is 6.54. The normalized spacial score (nSPS) is 10.2. The van der Waals surface area contributed by atoms with E-state index < -0.39 is 5.97 Å². The number of hydrogen-bond donors (Lipinski definition) is 1. The Kier molecular flexibility index (Phi) is 2.96. The molecule has 0 atom stereocenters. The van der Waals surface area contributed by atoms with E-state index in [0.29, 0.717) is 0 Å². The second kappa shape index (κ2) is 4.00. The van der Waals surface area contributed by atoms with E-state index in [9.17, 15) is 9.59 Å². The molecule has 0 unspecified atom stereocenters. The number of aromatic nitrogens is 1. The zero-order valence-corrected chi connectivity index (χ0v) is 8.02. The predicted molar refractivity (Wildman–Crippen MR) is 50.4 cm³/mol. The van der Waals surface area contributed by atoms with Gasteiger partial charge in [-0.3, -0.25) is 9.78 Å². The van der Waals surface area contributed by atoms with Crippen LogP contribution in [0.1, 0.15) is 34.6 Å². The summed E-state index contributed by atoms with van der Waals surface area (Å²) in [5, 5.41) is 8.80. The fourth-order valence-corrected chi connectivity index (χ4v) is 1.09. The van der Waals surface area contributed by atoms with Gasteiger partial charge in [0.25, 0.3) is 0 Å². The molecule has 14 heavy (non-hydrogen) atoms. The summed E-state index contributed by atoms with van der Waals surface area (Å²) < 4.78 is 0. The van der Waals surface area contributed by atoms with E-state index in [4.69, 9.17) is 5.11 Å². The maximum absolute atomic E-state index is 11.6. The molecule has 74 valence electrons. The van der Waals surface area contributed by atoms with Crippen LogP contribution in [0.3, 0.4) is 0 Å². The number of hydrogen-bond acceptors (Lipinski definition) is 3. The minimum Gasteiger partial charge on any atom is -0.478 e. The van der Waals surface area contributed by atoms with E-state index in [1.54, 1.807) is 13.8 Å². The van der Waals surface area contributed by atoms with Crippen molar-refractivity contribution < 1.29 is 14.7 Å². The second-order valence-corrected chi connectivity index (χ2v) is 3.25. The van der Waals surface area contributed by atoms with Crippen molar-refractivity contribution in [3.63, 3.8) is 0 Å². The Morgan fingerprint density at radius 2 is 2.00 bits per heavy atom. The molecule has 1 rings (SSSR count). The first-order valence-electron chi connectivity index (χ1n) is 4.25. The number of aromatic carboxylic acids is 1. The van der Waals surface area contributed by atoms with Crippen LogP contribution in [0.25, 0.3) is 0 Å². The highest BCUT2D eigenvalue weighted by atomic mass is 16.4. The summed E-state index contributed by atoms with van der Waals surface area (Å²) in [5.74, 6) is -1.51. The lowest BCUT2D eigenvalue weighted by molar-refractivity contribution is 0.0690. The van der Waals surface area contributed by atoms with Crippen LogP contribution in [-0.2, 0) is 0 Å². The van der Waals surface area contributed by atoms with E-state index in [0.717, 1.165) is 0 Å². The Balaban J connectivity index is 3.20. The summed E-state index contributed by atoms with van der Waals surface area (Å²) in [6.45, 7) is 3.46. The van der Waals surface area contributed by atoms with Crippen LogP contribution in [0, 0.1) is 5.92 Å². The smallest absolute Gasteiger partial charge is 0.338 e. The fraction of sp³-hybridized carbons (Fsp3) is 0.300. The van der Waals surface area contributed by atoms with Crippen molar-refractivity contribution in [3.8, 4) is 0 Å². The molecule has 0 spiro atoms. The molecule has 0 aliphatic heterocycles. The minimum absolute atomic E-state index is 0.0359. The van der Waals surface area contributed by atoms with Crippen molar-refractivity contribution in [2.24, 2.45) is 5.92 Å². The molecule has 0 aliphatic carbocycles. The van der Waals surface area contributed by atoms with Crippen molar-refractivity contribution in [3.05, 3.63) is 29.6 Å². The average Bonchev–Trinajstić information content (AvgIpc) is 2.16. The van der Waals surface area contributed by atoms with Crippen molar-refractivity contribution in [2.75, 3.05) is 0 Å². The molecule has 4 nitrogen and oxygen atoms in total. The number of ketones is 1. The SMILES string of the molecule is CC(C)C(=O)c1ccncc1C(=O)O. The van der Waals surface area contributed by atoms with Crippen LogP contribution >= 0.6 is 0 Å². The van der Waals surface area contributed by atoms with Gasteiger partial charge in [0, 0.05) is 23.9 Å². The molecular formula is C10H11NO3. The summed E-state index contributed by atoms with van der Waals surface area (Å²) >= 11 is 0. The van der Waals surface area contributed by atoms with Gasteiger partial charge in [0.05, 0.1) is 5.56 Å². The molecular weight excluding hydrogens is 182 g/mol. The number of Topliss-reactive ketones (excluding diaryl/α,β-unsaturated/α-hetero) is 1. The maximum atomic E-state index is 11.6. The van der Waals surface area contributed by atoms with Gasteiger partial charge in [0.15, 0.2) is 5.78 Å². The van der Waals surface area contributed by atoms with Gasteiger partial charge in [-0.1, -0.05) is 13.8 Å². The third-order valence-corrected chi connectivity index (χ3v) is 1.84. The Bertz CT molecular complexity index is 371. The van der Waals surface area contributed by atoms with Crippen LogP contribution in [-0.4, -0.2) is 21.8 Å². The number of carboxylic acids is 1. The number of rotatable bonds is 3. The highest BCUT2D eigenvalue weighted by Gasteiger charge is 2.18. The van der Waals surface area contributed by atoms with Gasteiger partial charge in [0.1, 0.15) is 0 Å². The lowest BCUT2D eigenvalue weighted by atomic mass is 9.98. The van der Waals surface area contributed by atoms with Crippen molar-refractivity contribution >= 4 is 11.8 Å². The van der Waals surface area contributed by atoms with Gasteiger partial charge in [-0.2, -0.15) is 0 Å². The third kappa shape index (κ3) is 1.96. The van der Waals surface area contributed by atoms with E-state index in [1.807, 2.05) is 0 Å². The Morgan fingerprint density at radius 3 is 2.50 bits per heavy atom. The topological polar surface area (TPSA) is 67.3 Å². The van der Waals surface area contributed by atoms with Gasteiger partial charge < -0.3 is 5.11 Å². The summed E-state index contributed by atoms with van der Waals surface area (Å²) in [4.78, 5) is 26.0. The molecule has 0 fully saturated rings. The van der Waals surface area contributed by atoms with Crippen molar-refractivity contribution in [1.82, 2.24) is 4.98 Å². The van der Waals surface area contributed by atoms with Crippen molar-refractivity contribution in [1.29, 1.82) is 0 Å². The summed E-state index contributed by atoms with van der Waals surface area (Å²) in [7, 11) is 0. The highest BCUT2D eigenvalue weighted by Crippen LogP contribution is 2.12. The van der Waals surface area contributed by atoms with Gasteiger partial charge in [-0.05, 0) is 6.07 Å². The molecule has 0 radical (unpaired) electrons. The molecule has 0 saturated carbocycles. The Labute approximate surface area is 81.6 Å². The first kappa shape index (κ1) is 10.4. The number of carboxylic acid groups (broad SMARTS) is 1. The Hall–Kier alpha value is -1.71. The predicted octanol–water partition coefficient (Wildman–Crippen LogP) is 1.62. The van der Waals surface area contributed by atoms with E-state index >= 15 is 0 Å². The van der Waals surface area contributed by atoms with Gasteiger partial charge in [-0.25, -0.2) is 4.79 Å². The zero-order valence-electron chi connectivity index (χ0n) is 8.02. The van der Waals surface area contributed by atoms with Crippen LogP contribution in [0.15, 0.2) is 18.5 Å². The number of pyridine rings is 1. The molecule has 1 aromatic heterocycles. The van der Waals surface area contributed by atoms with Crippen LogP contribution < -0.4 is 0 Å². The molecule has 1 aromatic rings. The number of nitrogens with zero attached hydrogens (tertiary/aromatic N) is 1. The maximum Gasteiger partial charge on any atom is 0.338 e. The van der Waals surface area contributed by atoms with Crippen molar-refractivity contribution in [2.45, 2.75) is 13.8 Å². The lowest BCUT2D eigenvalue weighted by Crippen LogP contribution is -2.13. The molecule has 4 heteroatoms. The molecule has 1 heterocycles. The molecule has 0 saturated heterocycles. The third-order valence-electron chi connectivity index (χ3n) is 1.84. The van der Waals surface area contributed by atoms with Gasteiger partial charge in [-0.15, -0.1) is 0 Å². The highest BCUT2D eigenvalue weighted by molar-refractivity contribution is 6.06. The standard InChI is InChI=1S/C10H11NO3/c1-6(2)9(12)7-3-4-11-5-8(7)10(13)14/h3-6H,1-2H3,(H,13,14). The van der Waals surface area contributed by atoms with Gasteiger partial charge in [0.2, 0.25) is 0 Å². The fourth-order valence-electron chi connectivity index (χ4n) is 1.09. The number of carbonyl (C=O) groups excluding carboxylic acids is 1. The lowest BCUT2D eigenvalue weighted by Gasteiger charge is -2.06. The number of carbonyl (C=O) groups is 2. The quantitative estimate of drug-likeness (QED) is 0.740. The molecule has 0 amide bonds. The van der Waals surface area contributed by atoms with Gasteiger partial charge >= 0.3 is 5.97 Å². The van der Waals surface area contributed by atoms with Crippen LogP contribution in [0.5, 0.6) is 0 Å². The molecule has 1 N–H and O–H groups in total. The summed E-state index contributed by atoms with van der Waals surface area (Å²) in [6, 6.07) is 1.44. The monoisotopic (exact) mass is 193 g/mol. The van der Waals surface area contributed by atoms with Crippen LogP contribution in [0.2, 0.25) is 0 Å².